The summed E-state index contributed by atoms with van der Waals surface area (Å²) < 4.78 is 9.83. The van der Waals surface area contributed by atoms with Crippen LogP contribution in [0, 0.1) is 0 Å². The number of hydrogen-bond acceptors (Lipinski definition) is 6. The fraction of sp³-hybridized carbons (Fsp3) is 0.130. The number of nitrogens with one attached hydrogen (secondary N) is 2. The number of carbonyl (C=O) groups is 1. The maximum atomic E-state index is 10.2. The minimum atomic E-state index is -0.0994. The monoisotopic (exact) mass is 402 g/mol. The molecule has 152 valence electrons. The summed E-state index contributed by atoms with van der Waals surface area (Å²) in [5.41, 5.74) is 11.8. The van der Waals surface area contributed by atoms with Gasteiger partial charge in [0.25, 0.3) is 6.47 Å². The van der Waals surface area contributed by atoms with Crippen molar-refractivity contribution in [1.29, 1.82) is 0 Å². The highest BCUT2D eigenvalue weighted by Crippen LogP contribution is 2.29. The first-order chi connectivity index (χ1) is 14.8. The Morgan fingerprint density at radius 3 is 2.67 bits per heavy atom. The first kappa shape index (κ1) is 19.5. The summed E-state index contributed by atoms with van der Waals surface area (Å²) in [5, 5.41) is 3.48. The molecular weight excluding hydrogens is 380 g/mol. The maximum Gasteiger partial charge on any atom is 0.295 e. The Kier molecular flexibility index (Phi) is 5.91. The van der Waals surface area contributed by atoms with E-state index in [9.17, 15) is 4.79 Å². The minimum Gasteiger partial charge on any atom is -0.457 e. The zero-order valence-electron chi connectivity index (χ0n) is 16.3. The van der Waals surface area contributed by atoms with E-state index in [0.29, 0.717) is 25.3 Å². The molecule has 0 fully saturated rings. The number of H-pyrrole nitrogens is 1. The van der Waals surface area contributed by atoms with Gasteiger partial charge in [-0.1, -0.05) is 36.4 Å². The first-order valence-corrected chi connectivity index (χ1v) is 9.56. The predicted octanol–water partition coefficient (Wildman–Crippen LogP) is 3.81. The molecule has 0 amide bonds. The Bertz CT molecular complexity index is 1140. The van der Waals surface area contributed by atoms with Crippen LogP contribution in [0.5, 0.6) is 5.75 Å². The molecule has 7 heteroatoms. The number of aromatic amines is 1. The average molecular weight is 402 g/mol. The topological polar surface area (TPSA) is 102 Å². The smallest absolute Gasteiger partial charge is 0.295 e. The summed E-state index contributed by atoms with van der Waals surface area (Å²) in [6, 6.07) is 21.6. The van der Waals surface area contributed by atoms with E-state index in [4.69, 9.17) is 15.5 Å². The van der Waals surface area contributed by atoms with Crippen molar-refractivity contribution in [2.45, 2.75) is 13.1 Å². The summed E-state index contributed by atoms with van der Waals surface area (Å²) in [6.45, 7) is 1.34. The van der Waals surface area contributed by atoms with E-state index in [0.717, 1.165) is 39.2 Å². The highest BCUT2D eigenvalue weighted by atomic mass is 16.7. The predicted molar refractivity (Wildman–Crippen MR) is 116 cm³/mol. The molecule has 4 rings (SSSR count). The van der Waals surface area contributed by atoms with Gasteiger partial charge in [0.05, 0.1) is 11.0 Å². The molecule has 0 atom stereocenters. The number of carbonyl (C=O) groups excluding carboxylic acids is 1. The Morgan fingerprint density at radius 2 is 1.87 bits per heavy atom. The van der Waals surface area contributed by atoms with Gasteiger partial charge in [0.15, 0.2) is 0 Å². The highest BCUT2D eigenvalue weighted by molar-refractivity contribution is 5.85. The molecule has 0 spiro atoms. The molecule has 0 saturated heterocycles. The van der Waals surface area contributed by atoms with Gasteiger partial charge in [0.2, 0.25) is 6.79 Å². The fourth-order valence-electron chi connectivity index (χ4n) is 3.26. The van der Waals surface area contributed by atoms with Gasteiger partial charge in [-0.05, 0) is 41.5 Å². The van der Waals surface area contributed by atoms with Crippen molar-refractivity contribution in [3.05, 3.63) is 77.9 Å². The number of para-hydroxylation sites is 2. The van der Waals surface area contributed by atoms with E-state index >= 15 is 0 Å². The second-order valence-electron chi connectivity index (χ2n) is 6.67. The molecule has 1 heterocycles. The minimum absolute atomic E-state index is 0.0994. The summed E-state index contributed by atoms with van der Waals surface area (Å²) in [7, 11) is 0. The Labute approximate surface area is 173 Å². The lowest BCUT2D eigenvalue weighted by molar-refractivity contribution is -0.134. The Balaban J connectivity index is 1.51. The van der Waals surface area contributed by atoms with E-state index < -0.39 is 0 Å². The number of rotatable bonds is 9. The summed E-state index contributed by atoms with van der Waals surface area (Å²) in [5.74, 6) is 1.44. The van der Waals surface area contributed by atoms with Crippen LogP contribution in [0.3, 0.4) is 0 Å². The number of hydrogen-bond donors (Lipinski definition) is 3. The van der Waals surface area contributed by atoms with Crippen molar-refractivity contribution in [1.82, 2.24) is 9.97 Å². The molecule has 7 nitrogen and oxygen atoms in total. The fourth-order valence-corrected chi connectivity index (χ4v) is 3.26. The van der Waals surface area contributed by atoms with Crippen LogP contribution in [0.4, 0.5) is 5.69 Å². The molecule has 0 aliphatic heterocycles. The molecule has 0 radical (unpaired) electrons. The van der Waals surface area contributed by atoms with E-state index in [1.54, 1.807) is 0 Å². The number of nitrogens with zero attached hydrogens (tertiary/aromatic N) is 1. The van der Waals surface area contributed by atoms with Crippen LogP contribution >= 0.6 is 0 Å². The van der Waals surface area contributed by atoms with Crippen molar-refractivity contribution in [3.63, 3.8) is 0 Å². The molecule has 0 unspecified atom stereocenters. The highest BCUT2D eigenvalue weighted by Gasteiger charge is 2.11. The molecule has 4 aromatic rings. The second kappa shape index (κ2) is 9.11. The number of benzene rings is 3. The Hall–Kier alpha value is -3.84. The number of fused-ring (bicyclic) bond motifs is 1. The van der Waals surface area contributed by atoms with Crippen LogP contribution in [0.1, 0.15) is 11.1 Å². The number of aromatic nitrogens is 2. The molecule has 4 N–H and O–H groups in total. The molecule has 0 saturated carbocycles. The molecule has 1 aromatic heterocycles. The third kappa shape index (κ3) is 4.26. The van der Waals surface area contributed by atoms with E-state index in [1.165, 1.54) is 0 Å². The number of imidazole rings is 1. The Morgan fingerprint density at radius 1 is 1.03 bits per heavy atom. The zero-order valence-corrected chi connectivity index (χ0v) is 16.3. The van der Waals surface area contributed by atoms with Crippen molar-refractivity contribution >= 4 is 23.2 Å². The average Bonchev–Trinajstić information content (AvgIpc) is 3.23. The van der Waals surface area contributed by atoms with Crippen molar-refractivity contribution in [2.24, 2.45) is 5.73 Å². The van der Waals surface area contributed by atoms with Crippen molar-refractivity contribution in [2.75, 3.05) is 12.1 Å². The number of ether oxygens (including phenoxy) is 2. The molecule has 0 bridgehead atoms. The largest absolute Gasteiger partial charge is 0.457 e. The second-order valence-corrected chi connectivity index (χ2v) is 6.67. The standard InChI is InChI=1S/C23H22N4O3/c24-12-17-4-3-7-21-22(17)27-23(26-21)19-5-1-2-6-20(19)25-13-16-8-10-18(11-9-16)30-15-29-14-28/h1-11,14,25H,12-13,15,24H2,(H,26,27). The quantitative estimate of drug-likeness (QED) is 0.224. The lowest BCUT2D eigenvalue weighted by atomic mass is 10.1. The van der Waals surface area contributed by atoms with Crippen LogP contribution in [0.15, 0.2) is 66.7 Å². The van der Waals surface area contributed by atoms with E-state index in [2.05, 4.69) is 15.0 Å². The molecule has 30 heavy (non-hydrogen) atoms. The first-order valence-electron chi connectivity index (χ1n) is 9.56. The van der Waals surface area contributed by atoms with Crippen LogP contribution in [-0.2, 0) is 22.6 Å². The normalized spacial score (nSPS) is 10.7. The van der Waals surface area contributed by atoms with Crippen LogP contribution < -0.4 is 15.8 Å². The third-order valence-corrected chi connectivity index (χ3v) is 4.77. The number of nitrogens with two attached hydrogens (primary N) is 1. The van der Waals surface area contributed by atoms with Crippen LogP contribution in [0.2, 0.25) is 0 Å². The van der Waals surface area contributed by atoms with Crippen molar-refractivity contribution < 1.29 is 14.3 Å². The van der Waals surface area contributed by atoms with Gasteiger partial charge < -0.3 is 25.5 Å². The van der Waals surface area contributed by atoms with Gasteiger partial charge in [0, 0.05) is 24.3 Å². The van der Waals surface area contributed by atoms with Crippen LogP contribution in [0.25, 0.3) is 22.4 Å². The van der Waals surface area contributed by atoms with Crippen molar-refractivity contribution in [3.8, 4) is 17.1 Å². The molecular formula is C23H22N4O3. The van der Waals surface area contributed by atoms with Gasteiger partial charge in [-0.25, -0.2) is 4.98 Å². The van der Waals surface area contributed by atoms with Crippen LogP contribution in [-0.4, -0.2) is 23.2 Å². The van der Waals surface area contributed by atoms with Gasteiger partial charge in [-0.3, -0.25) is 4.79 Å². The van der Waals surface area contributed by atoms with E-state index in [-0.39, 0.29) is 6.79 Å². The van der Waals surface area contributed by atoms with Gasteiger partial charge in [-0.2, -0.15) is 0 Å². The lowest BCUT2D eigenvalue weighted by Crippen LogP contribution is -2.03. The van der Waals surface area contributed by atoms with E-state index in [1.807, 2.05) is 66.7 Å². The summed E-state index contributed by atoms with van der Waals surface area (Å²) >= 11 is 0. The number of anilines is 1. The zero-order chi connectivity index (χ0) is 20.8. The summed E-state index contributed by atoms with van der Waals surface area (Å²) in [4.78, 5) is 18.3. The van der Waals surface area contributed by atoms with Gasteiger partial charge >= 0.3 is 0 Å². The molecule has 0 aliphatic rings. The van der Waals surface area contributed by atoms with Gasteiger partial charge in [0.1, 0.15) is 11.6 Å². The SMILES string of the molecule is NCc1cccc2[nH]c(-c3ccccc3NCc3ccc(OCOC=O)cc3)nc12. The third-order valence-electron chi connectivity index (χ3n) is 4.77. The lowest BCUT2D eigenvalue weighted by Gasteiger charge is -2.11. The maximum absolute atomic E-state index is 10.2. The molecule has 3 aromatic carbocycles. The van der Waals surface area contributed by atoms with Gasteiger partial charge in [-0.15, -0.1) is 0 Å². The molecule has 0 aliphatic carbocycles. The summed E-state index contributed by atoms with van der Waals surface area (Å²) in [6.07, 6.45) is 0.